The molecule has 0 fully saturated rings. The summed E-state index contributed by atoms with van der Waals surface area (Å²) in [5, 5.41) is 9.24. The Balaban J connectivity index is 2.28. The zero-order valence-electron chi connectivity index (χ0n) is 9.18. The van der Waals surface area contributed by atoms with Gasteiger partial charge < -0.3 is 9.84 Å². The van der Waals surface area contributed by atoms with Gasteiger partial charge in [0.05, 0.1) is 6.61 Å². The third-order valence-electron chi connectivity index (χ3n) is 2.36. The number of rotatable bonds is 3. The molecule has 2 nitrogen and oxygen atoms in total. The van der Waals surface area contributed by atoms with Gasteiger partial charge in [-0.1, -0.05) is 35.9 Å². The minimum Gasteiger partial charge on any atom is -0.457 e. The normalized spacial score (nSPS) is 10.1. The van der Waals surface area contributed by atoms with Crippen LogP contribution in [0.5, 0.6) is 11.5 Å². The van der Waals surface area contributed by atoms with E-state index in [-0.39, 0.29) is 6.61 Å². The highest BCUT2D eigenvalue weighted by Gasteiger charge is 2.03. The Kier molecular flexibility index (Phi) is 3.22. The topological polar surface area (TPSA) is 29.5 Å². The Bertz CT molecular complexity index is 463. The van der Waals surface area contributed by atoms with E-state index in [9.17, 15) is 5.11 Å². The molecule has 0 spiro atoms. The quantitative estimate of drug-likeness (QED) is 0.849. The van der Waals surface area contributed by atoms with Crippen LogP contribution in [-0.4, -0.2) is 5.11 Å². The lowest BCUT2D eigenvalue weighted by Crippen LogP contribution is -1.92. The summed E-state index contributed by atoms with van der Waals surface area (Å²) in [6, 6.07) is 15.3. The Morgan fingerprint density at radius 3 is 2.50 bits per heavy atom. The summed E-state index contributed by atoms with van der Waals surface area (Å²) in [5.41, 5.74) is 1.92. The minimum absolute atomic E-state index is 0.0101. The standard InChI is InChI=1S/C14H14O2/c1-11-7-8-14(12(9-11)10-15)16-13-5-3-2-4-6-13/h2-9,15H,10H2,1H3. The van der Waals surface area contributed by atoms with Gasteiger partial charge in [-0.2, -0.15) is 0 Å². The van der Waals surface area contributed by atoms with Gasteiger partial charge in [-0.15, -0.1) is 0 Å². The van der Waals surface area contributed by atoms with Crippen LogP contribution in [-0.2, 0) is 6.61 Å². The molecule has 1 N–H and O–H groups in total. The van der Waals surface area contributed by atoms with Crippen molar-refractivity contribution in [1.82, 2.24) is 0 Å². The van der Waals surface area contributed by atoms with E-state index in [0.29, 0.717) is 5.75 Å². The zero-order valence-corrected chi connectivity index (χ0v) is 9.18. The van der Waals surface area contributed by atoms with Crippen molar-refractivity contribution < 1.29 is 9.84 Å². The summed E-state index contributed by atoms with van der Waals surface area (Å²) >= 11 is 0. The third kappa shape index (κ3) is 2.41. The van der Waals surface area contributed by atoms with E-state index < -0.39 is 0 Å². The van der Waals surface area contributed by atoms with E-state index in [1.165, 1.54) is 0 Å². The van der Waals surface area contributed by atoms with Gasteiger partial charge >= 0.3 is 0 Å². The Morgan fingerprint density at radius 1 is 1.06 bits per heavy atom. The van der Waals surface area contributed by atoms with Crippen molar-refractivity contribution in [1.29, 1.82) is 0 Å². The van der Waals surface area contributed by atoms with Crippen molar-refractivity contribution in [2.45, 2.75) is 13.5 Å². The molecule has 2 rings (SSSR count). The first-order chi connectivity index (χ1) is 7.79. The molecule has 2 aromatic carbocycles. The van der Waals surface area contributed by atoms with Gasteiger partial charge in [-0.05, 0) is 25.1 Å². The van der Waals surface area contributed by atoms with Crippen molar-refractivity contribution in [3.8, 4) is 11.5 Å². The van der Waals surface area contributed by atoms with E-state index in [0.717, 1.165) is 16.9 Å². The van der Waals surface area contributed by atoms with Gasteiger partial charge in [0.1, 0.15) is 11.5 Å². The maximum Gasteiger partial charge on any atom is 0.132 e. The molecule has 0 unspecified atom stereocenters. The summed E-state index contributed by atoms with van der Waals surface area (Å²) in [4.78, 5) is 0. The molecule has 0 aromatic heterocycles. The van der Waals surface area contributed by atoms with E-state index in [1.54, 1.807) is 0 Å². The van der Waals surface area contributed by atoms with E-state index in [1.807, 2.05) is 55.5 Å². The lowest BCUT2D eigenvalue weighted by molar-refractivity contribution is 0.276. The van der Waals surface area contributed by atoms with Crippen molar-refractivity contribution in [2.75, 3.05) is 0 Å². The smallest absolute Gasteiger partial charge is 0.132 e. The van der Waals surface area contributed by atoms with Crippen LogP contribution in [0.25, 0.3) is 0 Å². The van der Waals surface area contributed by atoms with E-state index >= 15 is 0 Å². The molecule has 0 radical (unpaired) electrons. The van der Waals surface area contributed by atoms with Gasteiger partial charge in [0.15, 0.2) is 0 Å². The Labute approximate surface area is 95.1 Å². The van der Waals surface area contributed by atoms with Crippen molar-refractivity contribution in [3.05, 3.63) is 59.7 Å². The number of aliphatic hydroxyl groups excluding tert-OH is 1. The maximum atomic E-state index is 9.24. The fourth-order valence-electron chi connectivity index (χ4n) is 1.55. The highest BCUT2D eigenvalue weighted by Crippen LogP contribution is 2.25. The molecule has 0 amide bonds. The number of aryl methyl sites for hydroxylation is 1. The van der Waals surface area contributed by atoms with Crippen molar-refractivity contribution in [3.63, 3.8) is 0 Å². The molecule has 16 heavy (non-hydrogen) atoms. The van der Waals surface area contributed by atoms with Gasteiger partial charge in [0.25, 0.3) is 0 Å². The van der Waals surface area contributed by atoms with Crippen LogP contribution in [0.4, 0.5) is 0 Å². The van der Waals surface area contributed by atoms with Crippen LogP contribution < -0.4 is 4.74 Å². The van der Waals surface area contributed by atoms with Crippen molar-refractivity contribution >= 4 is 0 Å². The molecule has 82 valence electrons. The summed E-state index contributed by atoms with van der Waals surface area (Å²) < 4.78 is 5.70. The molecule has 0 atom stereocenters. The molecule has 0 aliphatic rings. The van der Waals surface area contributed by atoms with Crippen LogP contribution in [0, 0.1) is 6.92 Å². The maximum absolute atomic E-state index is 9.24. The fourth-order valence-corrected chi connectivity index (χ4v) is 1.55. The highest BCUT2D eigenvalue weighted by molar-refractivity contribution is 5.39. The molecule has 2 heteroatoms. The zero-order chi connectivity index (χ0) is 11.4. The predicted molar refractivity (Wildman–Crippen MR) is 63.6 cm³/mol. The summed E-state index contributed by atoms with van der Waals surface area (Å²) in [6.45, 7) is 1.98. The second kappa shape index (κ2) is 4.81. The second-order valence-electron chi connectivity index (χ2n) is 3.68. The molecule has 0 aliphatic heterocycles. The summed E-state index contributed by atoms with van der Waals surface area (Å²) in [7, 11) is 0. The average molecular weight is 214 g/mol. The number of ether oxygens (including phenoxy) is 1. The molecule has 0 bridgehead atoms. The Hall–Kier alpha value is -1.80. The molecular weight excluding hydrogens is 200 g/mol. The van der Waals surface area contributed by atoms with Crippen LogP contribution in [0.1, 0.15) is 11.1 Å². The largest absolute Gasteiger partial charge is 0.457 e. The molecule has 0 aliphatic carbocycles. The first-order valence-electron chi connectivity index (χ1n) is 5.23. The lowest BCUT2D eigenvalue weighted by atomic mass is 10.1. The fraction of sp³-hybridized carbons (Fsp3) is 0.143. The van der Waals surface area contributed by atoms with Crippen molar-refractivity contribution in [2.24, 2.45) is 0 Å². The molecule has 0 saturated carbocycles. The van der Waals surface area contributed by atoms with Gasteiger partial charge in [-0.3, -0.25) is 0 Å². The first-order valence-corrected chi connectivity index (χ1v) is 5.23. The number of para-hydroxylation sites is 1. The van der Waals surface area contributed by atoms with Crippen LogP contribution in [0.15, 0.2) is 48.5 Å². The molecule has 0 heterocycles. The minimum atomic E-state index is -0.0101. The lowest BCUT2D eigenvalue weighted by Gasteiger charge is -2.10. The molecule has 2 aromatic rings. The number of hydrogen-bond acceptors (Lipinski definition) is 2. The molecule has 0 saturated heterocycles. The van der Waals surface area contributed by atoms with Crippen LogP contribution in [0.2, 0.25) is 0 Å². The number of aliphatic hydroxyl groups is 1. The van der Waals surface area contributed by atoms with E-state index in [2.05, 4.69) is 0 Å². The predicted octanol–water partition coefficient (Wildman–Crippen LogP) is 3.28. The van der Waals surface area contributed by atoms with Crippen LogP contribution in [0.3, 0.4) is 0 Å². The van der Waals surface area contributed by atoms with Gasteiger partial charge in [0, 0.05) is 5.56 Å². The average Bonchev–Trinajstić information content (AvgIpc) is 2.33. The van der Waals surface area contributed by atoms with Gasteiger partial charge in [-0.25, -0.2) is 0 Å². The summed E-state index contributed by atoms with van der Waals surface area (Å²) in [5.74, 6) is 1.49. The Morgan fingerprint density at radius 2 is 1.81 bits per heavy atom. The first kappa shape index (κ1) is 10.7. The SMILES string of the molecule is Cc1ccc(Oc2ccccc2)c(CO)c1. The second-order valence-corrected chi connectivity index (χ2v) is 3.68. The number of hydrogen-bond donors (Lipinski definition) is 1. The monoisotopic (exact) mass is 214 g/mol. The van der Waals surface area contributed by atoms with E-state index in [4.69, 9.17) is 4.74 Å². The van der Waals surface area contributed by atoms with Crippen LogP contribution >= 0.6 is 0 Å². The van der Waals surface area contributed by atoms with Gasteiger partial charge in [0.2, 0.25) is 0 Å². The summed E-state index contributed by atoms with van der Waals surface area (Å²) in [6.07, 6.45) is 0. The molecular formula is C14H14O2. The number of benzene rings is 2. The third-order valence-corrected chi connectivity index (χ3v) is 2.36. The highest BCUT2D eigenvalue weighted by atomic mass is 16.5.